The number of hydrogen-bond acceptors (Lipinski definition) is 4. The second kappa shape index (κ2) is 9.01. The molecule has 4 rings (SSSR count). The van der Waals surface area contributed by atoms with Gasteiger partial charge < -0.3 is 19.8 Å². The van der Waals surface area contributed by atoms with Gasteiger partial charge in [0.25, 0.3) is 0 Å². The van der Waals surface area contributed by atoms with Crippen LogP contribution in [0.4, 0.5) is 11.4 Å². The summed E-state index contributed by atoms with van der Waals surface area (Å²) in [6.07, 6.45) is 2.33. The number of rotatable bonds is 6. The van der Waals surface area contributed by atoms with E-state index in [1.54, 1.807) is 0 Å². The first kappa shape index (κ1) is 21.8. The van der Waals surface area contributed by atoms with Crippen LogP contribution in [0.3, 0.4) is 0 Å². The van der Waals surface area contributed by atoms with Crippen LogP contribution in [-0.2, 0) is 16.8 Å². The number of carbonyl (C=O) groups excluding carboxylic acids is 1. The molecule has 2 aliphatic rings. The molecule has 2 saturated heterocycles. The van der Waals surface area contributed by atoms with Crippen LogP contribution in [0.15, 0.2) is 48.5 Å². The summed E-state index contributed by atoms with van der Waals surface area (Å²) in [5.74, 6) is 0.232. The summed E-state index contributed by atoms with van der Waals surface area (Å²) in [7, 11) is 2.17. The molecule has 2 unspecified atom stereocenters. The maximum absolute atomic E-state index is 13.2. The van der Waals surface area contributed by atoms with Gasteiger partial charge in [0.2, 0.25) is 5.91 Å². The molecule has 2 heterocycles. The first-order chi connectivity index (χ1) is 14.9. The zero-order valence-electron chi connectivity index (χ0n) is 19.1. The minimum atomic E-state index is -0.830. The fourth-order valence-corrected chi connectivity index (χ4v) is 4.69. The van der Waals surface area contributed by atoms with Gasteiger partial charge in [0.05, 0.1) is 5.60 Å². The molecule has 2 atom stereocenters. The molecule has 0 aliphatic carbocycles. The molecular weight excluding hydrogens is 386 g/mol. The highest BCUT2D eigenvalue weighted by Gasteiger charge is 2.33. The maximum Gasteiger partial charge on any atom is 0.230 e. The molecule has 2 aromatic rings. The molecule has 2 fully saturated rings. The fourth-order valence-electron chi connectivity index (χ4n) is 4.69. The Labute approximate surface area is 186 Å². The molecule has 0 bridgehead atoms. The normalized spacial score (nSPS) is 22.1. The molecule has 1 N–H and O–H groups in total. The molecule has 1 amide bonds. The zero-order chi connectivity index (χ0) is 22.0. The quantitative estimate of drug-likeness (QED) is 0.773. The van der Waals surface area contributed by atoms with Crippen molar-refractivity contribution in [3.8, 4) is 0 Å². The molecule has 0 saturated carbocycles. The van der Waals surface area contributed by atoms with Crippen molar-refractivity contribution in [2.24, 2.45) is 5.92 Å². The monoisotopic (exact) mass is 421 g/mol. The lowest BCUT2D eigenvalue weighted by atomic mass is 9.93. The summed E-state index contributed by atoms with van der Waals surface area (Å²) in [6, 6.07) is 16.4. The highest BCUT2D eigenvalue weighted by molar-refractivity contribution is 5.97. The Bertz CT molecular complexity index is 901. The number of hydrogen-bond donors (Lipinski definition) is 1. The van der Waals surface area contributed by atoms with Crippen LogP contribution in [0.1, 0.15) is 37.8 Å². The van der Waals surface area contributed by atoms with E-state index >= 15 is 0 Å². The Hall–Kier alpha value is -2.37. The van der Waals surface area contributed by atoms with Crippen LogP contribution in [0, 0.1) is 5.92 Å². The van der Waals surface area contributed by atoms with E-state index in [-0.39, 0.29) is 11.8 Å². The third-order valence-electron chi connectivity index (χ3n) is 7.11. The van der Waals surface area contributed by atoms with Crippen molar-refractivity contribution >= 4 is 17.3 Å². The molecule has 166 valence electrons. The van der Waals surface area contributed by atoms with Crippen molar-refractivity contribution in [2.45, 2.75) is 38.7 Å². The van der Waals surface area contributed by atoms with Gasteiger partial charge in [-0.2, -0.15) is 0 Å². The van der Waals surface area contributed by atoms with Crippen molar-refractivity contribution in [3.63, 3.8) is 0 Å². The van der Waals surface area contributed by atoms with E-state index in [4.69, 9.17) is 0 Å². The van der Waals surface area contributed by atoms with Crippen molar-refractivity contribution in [1.82, 2.24) is 4.90 Å². The van der Waals surface area contributed by atoms with E-state index in [0.29, 0.717) is 6.42 Å². The Morgan fingerprint density at radius 3 is 2.35 bits per heavy atom. The van der Waals surface area contributed by atoms with E-state index in [0.717, 1.165) is 56.8 Å². The van der Waals surface area contributed by atoms with E-state index in [2.05, 4.69) is 41.1 Å². The fraction of sp³-hybridized carbons (Fsp3) is 0.500. The minimum Gasteiger partial charge on any atom is -0.385 e. The van der Waals surface area contributed by atoms with E-state index < -0.39 is 5.60 Å². The van der Waals surface area contributed by atoms with Gasteiger partial charge in [0, 0.05) is 50.0 Å². The average Bonchev–Trinajstić information content (AvgIpc) is 3.15. The van der Waals surface area contributed by atoms with Gasteiger partial charge >= 0.3 is 0 Å². The molecule has 31 heavy (non-hydrogen) atoms. The molecule has 2 aromatic carbocycles. The van der Waals surface area contributed by atoms with Gasteiger partial charge in [-0.25, -0.2) is 0 Å². The van der Waals surface area contributed by atoms with Gasteiger partial charge in [-0.05, 0) is 62.6 Å². The Balaban J connectivity index is 1.46. The number of amides is 1. The molecule has 0 radical (unpaired) electrons. The number of carbonyl (C=O) groups is 1. The van der Waals surface area contributed by atoms with Gasteiger partial charge in [0.15, 0.2) is 0 Å². The standard InChI is InChI=1S/C26H35N3O2/c1-4-26(2,31)22-9-11-23(12-10-22)29-14-13-21(25(29)30)19-20-7-5-6-8-24(20)28-17-15-27(3)16-18-28/h5-12,21,31H,4,13-19H2,1-3H3. The molecule has 0 aromatic heterocycles. The van der Waals surface area contributed by atoms with Gasteiger partial charge in [0.1, 0.15) is 0 Å². The lowest BCUT2D eigenvalue weighted by Gasteiger charge is -2.35. The first-order valence-electron chi connectivity index (χ1n) is 11.5. The average molecular weight is 422 g/mol. The second-order valence-electron chi connectivity index (χ2n) is 9.27. The summed E-state index contributed by atoms with van der Waals surface area (Å²) in [5, 5.41) is 10.5. The lowest BCUT2D eigenvalue weighted by Crippen LogP contribution is -2.44. The van der Waals surface area contributed by atoms with Crippen LogP contribution in [0.25, 0.3) is 0 Å². The predicted octanol–water partition coefficient (Wildman–Crippen LogP) is 3.65. The highest BCUT2D eigenvalue weighted by Crippen LogP contribution is 2.32. The molecule has 5 heteroatoms. The van der Waals surface area contributed by atoms with Gasteiger partial charge in [-0.1, -0.05) is 37.3 Å². The number of nitrogens with zero attached hydrogens (tertiary/aromatic N) is 3. The number of para-hydroxylation sites is 1. The van der Waals surface area contributed by atoms with Crippen LogP contribution in [0.5, 0.6) is 0 Å². The molecule has 0 spiro atoms. The van der Waals surface area contributed by atoms with Crippen molar-refractivity contribution in [1.29, 1.82) is 0 Å². The largest absolute Gasteiger partial charge is 0.385 e. The van der Waals surface area contributed by atoms with E-state index in [1.165, 1.54) is 11.3 Å². The molecule has 2 aliphatic heterocycles. The highest BCUT2D eigenvalue weighted by atomic mass is 16.3. The minimum absolute atomic E-state index is 0.0204. The van der Waals surface area contributed by atoms with E-state index in [1.807, 2.05) is 43.0 Å². The Morgan fingerprint density at radius 2 is 1.68 bits per heavy atom. The summed E-state index contributed by atoms with van der Waals surface area (Å²) in [4.78, 5) is 20.0. The lowest BCUT2D eigenvalue weighted by molar-refractivity contribution is -0.120. The van der Waals surface area contributed by atoms with Gasteiger partial charge in [-0.15, -0.1) is 0 Å². The zero-order valence-corrected chi connectivity index (χ0v) is 19.1. The van der Waals surface area contributed by atoms with Crippen LogP contribution in [0.2, 0.25) is 0 Å². The number of piperazine rings is 1. The number of anilines is 2. The van der Waals surface area contributed by atoms with Gasteiger partial charge in [-0.3, -0.25) is 4.79 Å². The number of likely N-dealkylation sites (N-methyl/N-ethyl adjacent to an activating group) is 1. The van der Waals surface area contributed by atoms with Crippen molar-refractivity contribution < 1.29 is 9.90 Å². The van der Waals surface area contributed by atoms with Crippen LogP contribution < -0.4 is 9.80 Å². The maximum atomic E-state index is 13.2. The first-order valence-corrected chi connectivity index (χ1v) is 11.5. The SMILES string of the molecule is CCC(C)(O)c1ccc(N2CCC(Cc3ccccc3N3CCN(C)CC3)C2=O)cc1. The van der Waals surface area contributed by atoms with Crippen molar-refractivity contribution in [2.75, 3.05) is 49.6 Å². The smallest absolute Gasteiger partial charge is 0.230 e. The van der Waals surface area contributed by atoms with E-state index in [9.17, 15) is 9.90 Å². The number of benzene rings is 2. The molecular formula is C26H35N3O2. The molecule has 5 nitrogen and oxygen atoms in total. The topological polar surface area (TPSA) is 47.0 Å². The summed E-state index contributed by atoms with van der Waals surface area (Å²) >= 11 is 0. The summed E-state index contributed by atoms with van der Waals surface area (Å²) < 4.78 is 0. The summed E-state index contributed by atoms with van der Waals surface area (Å²) in [6.45, 7) is 8.78. The third kappa shape index (κ3) is 4.63. The van der Waals surface area contributed by atoms with Crippen molar-refractivity contribution in [3.05, 3.63) is 59.7 Å². The Kier molecular flexibility index (Phi) is 6.35. The third-order valence-corrected chi connectivity index (χ3v) is 7.11. The Morgan fingerprint density at radius 1 is 1.00 bits per heavy atom. The number of aliphatic hydroxyl groups is 1. The summed E-state index contributed by atoms with van der Waals surface area (Å²) in [5.41, 5.74) is 3.55. The van der Waals surface area contributed by atoms with Crippen LogP contribution in [-0.4, -0.2) is 55.7 Å². The predicted molar refractivity (Wildman–Crippen MR) is 127 cm³/mol. The van der Waals surface area contributed by atoms with Crippen LogP contribution >= 0.6 is 0 Å². The second-order valence-corrected chi connectivity index (χ2v) is 9.27.